The molecule has 0 fully saturated rings. The van der Waals surface area contributed by atoms with Crippen LogP contribution in [0.25, 0.3) is 0 Å². The second kappa shape index (κ2) is 8.75. The molecule has 0 heterocycles. The minimum absolute atomic E-state index is 0.299. The van der Waals surface area contributed by atoms with Crippen LogP contribution >= 0.6 is 0 Å². The van der Waals surface area contributed by atoms with E-state index < -0.39 is 11.9 Å². The summed E-state index contributed by atoms with van der Waals surface area (Å²) in [6.07, 6.45) is 0. The summed E-state index contributed by atoms with van der Waals surface area (Å²) in [6, 6.07) is 16.7. The third kappa shape index (κ3) is 6.71. The molecule has 0 bridgehead atoms. The molecular weight excluding hydrogens is 286 g/mol. The van der Waals surface area contributed by atoms with Crippen LogP contribution in [0.5, 0.6) is 11.5 Å². The maximum atomic E-state index is 11.4. The summed E-state index contributed by atoms with van der Waals surface area (Å²) in [7, 11) is 0. The third-order valence-corrected chi connectivity index (χ3v) is 2.07. The number of carbonyl (C=O) groups excluding carboxylic acids is 2. The van der Waals surface area contributed by atoms with Crippen molar-refractivity contribution in [1.82, 2.24) is 0 Å². The average molecular weight is 301 g/mol. The fourth-order valence-electron chi connectivity index (χ4n) is 1.27. The Morgan fingerprint density at radius 2 is 1.00 bits per heavy atom. The summed E-state index contributed by atoms with van der Waals surface area (Å²) in [6.45, 7) is 0. The van der Waals surface area contributed by atoms with Crippen molar-refractivity contribution in [3.63, 3.8) is 0 Å². The number of nitrogens with one attached hydrogen (secondary N) is 1. The van der Waals surface area contributed by atoms with E-state index in [4.69, 9.17) is 14.9 Å². The Balaban J connectivity index is 0.000000541. The molecule has 7 nitrogen and oxygen atoms in total. The average Bonchev–Trinajstić information content (AvgIpc) is 2.48. The SMILES string of the molecule is N=C(N)N.O=C(Oc1ccccc1)C(=O)Oc1ccccc1. The molecule has 0 aliphatic heterocycles. The second-order valence-electron chi connectivity index (χ2n) is 3.86. The first-order valence-corrected chi connectivity index (χ1v) is 6.12. The Kier molecular flexibility index (Phi) is 6.64. The predicted molar refractivity (Wildman–Crippen MR) is 80.3 cm³/mol. The largest absolute Gasteiger partial charge is 0.423 e. The van der Waals surface area contributed by atoms with Crippen LogP contribution in [-0.4, -0.2) is 17.9 Å². The van der Waals surface area contributed by atoms with Crippen molar-refractivity contribution in [3.05, 3.63) is 60.7 Å². The van der Waals surface area contributed by atoms with Crippen molar-refractivity contribution in [2.45, 2.75) is 0 Å². The molecule has 0 spiro atoms. The van der Waals surface area contributed by atoms with E-state index >= 15 is 0 Å². The minimum atomic E-state index is -1.05. The normalized spacial score (nSPS) is 8.91. The van der Waals surface area contributed by atoms with Crippen molar-refractivity contribution in [3.8, 4) is 11.5 Å². The van der Waals surface area contributed by atoms with E-state index in [1.807, 2.05) is 0 Å². The highest BCUT2D eigenvalue weighted by atomic mass is 16.6. The van der Waals surface area contributed by atoms with Crippen molar-refractivity contribution >= 4 is 17.9 Å². The van der Waals surface area contributed by atoms with Crippen LogP contribution in [0.2, 0.25) is 0 Å². The second-order valence-corrected chi connectivity index (χ2v) is 3.86. The quantitative estimate of drug-likeness (QED) is 0.250. The fourth-order valence-corrected chi connectivity index (χ4v) is 1.27. The zero-order valence-electron chi connectivity index (χ0n) is 11.6. The topological polar surface area (TPSA) is 128 Å². The van der Waals surface area contributed by atoms with Crippen molar-refractivity contribution < 1.29 is 19.1 Å². The molecule has 0 amide bonds. The van der Waals surface area contributed by atoms with E-state index in [0.29, 0.717) is 11.5 Å². The summed E-state index contributed by atoms with van der Waals surface area (Å²) < 4.78 is 9.67. The van der Waals surface area contributed by atoms with Gasteiger partial charge in [-0.25, -0.2) is 9.59 Å². The molecule has 2 rings (SSSR count). The number of carbonyl (C=O) groups is 2. The number of hydrogen-bond donors (Lipinski definition) is 3. The van der Waals surface area contributed by atoms with Crippen LogP contribution in [0.3, 0.4) is 0 Å². The number of guanidine groups is 1. The van der Waals surface area contributed by atoms with Gasteiger partial charge in [0.2, 0.25) is 0 Å². The molecule has 0 aliphatic carbocycles. The molecule has 5 N–H and O–H groups in total. The first kappa shape index (κ1) is 16.7. The summed E-state index contributed by atoms with van der Waals surface area (Å²) in [5.74, 6) is -1.84. The first-order valence-electron chi connectivity index (χ1n) is 6.12. The van der Waals surface area contributed by atoms with E-state index in [2.05, 4.69) is 11.5 Å². The van der Waals surface area contributed by atoms with Gasteiger partial charge in [0.05, 0.1) is 0 Å². The molecule has 0 aliphatic rings. The summed E-state index contributed by atoms with van der Waals surface area (Å²) in [5.41, 5.74) is 8.94. The predicted octanol–water partition coefficient (Wildman–Crippen LogP) is 1.04. The highest BCUT2D eigenvalue weighted by molar-refractivity contribution is 6.31. The molecule has 2 aromatic rings. The Bertz CT molecular complexity index is 574. The van der Waals surface area contributed by atoms with Crippen molar-refractivity contribution in [2.24, 2.45) is 11.5 Å². The highest BCUT2D eigenvalue weighted by Crippen LogP contribution is 2.11. The lowest BCUT2D eigenvalue weighted by molar-refractivity contribution is -0.156. The molecule has 2 aromatic carbocycles. The number of rotatable bonds is 2. The van der Waals surface area contributed by atoms with Crippen LogP contribution in [0.1, 0.15) is 0 Å². The van der Waals surface area contributed by atoms with E-state index in [9.17, 15) is 9.59 Å². The highest BCUT2D eigenvalue weighted by Gasteiger charge is 2.18. The van der Waals surface area contributed by atoms with Gasteiger partial charge in [-0.15, -0.1) is 0 Å². The minimum Gasteiger partial charge on any atom is -0.418 e. The molecule has 0 aromatic heterocycles. The first-order chi connectivity index (χ1) is 10.5. The van der Waals surface area contributed by atoms with Gasteiger partial charge in [-0.1, -0.05) is 36.4 Å². The third-order valence-electron chi connectivity index (χ3n) is 2.07. The van der Waals surface area contributed by atoms with E-state index in [1.54, 1.807) is 60.7 Å². The standard InChI is InChI=1S/C14H10O4.CH5N3/c15-13(17-11-7-3-1-4-8-11)14(16)18-12-9-5-2-6-10-12;2-1(3)4/h1-10H;(H5,2,3,4). The van der Waals surface area contributed by atoms with Gasteiger partial charge < -0.3 is 20.9 Å². The van der Waals surface area contributed by atoms with Crippen LogP contribution in [-0.2, 0) is 9.59 Å². The van der Waals surface area contributed by atoms with E-state index in [0.717, 1.165) is 0 Å². The maximum Gasteiger partial charge on any atom is 0.423 e. The number of esters is 2. The van der Waals surface area contributed by atoms with Gasteiger partial charge in [0, 0.05) is 0 Å². The number of hydrogen-bond acceptors (Lipinski definition) is 5. The maximum absolute atomic E-state index is 11.4. The number of para-hydroxylation sites is 2. The fraction of sp³-hybridized carbons (Fsp3) is 0. The van der Waals surface area contributed by atoms with Crippen molar-refractivity contribution in [2.75, 3.05) is 0 Å². The van der Waals surface area contributed by atoms with Crippen LogP contribution in [0, 0.1) is 5.41 Å². The van der Waals surface area contributed by atoms with Gasteiger partial charge in [0.1, 0.15) is 11.5 Å². The Hall–Kier alpha value is -3.35. The molecular formula is C15H15N3O4. The molecule has 114 valence electrons. The van der Waals surface area contributed by atoms with Gasteiger partial charge in [0.25, 0.3) is 0 Å². The summed E-state index contributed by atoms with van der Waals surface area (Å²) in [5, 5.41) is 6.06. The van der Waals surface area contributed by atoms with E-state index in [1.165, 1.54) is 0 Å². The van der Waals surface area contributed by atoms with Gasteiger partial charge in [-0.05, 0) is 24.3 Å². The lowest BCUT2D eigenvalue weighted by atomic mass is 10.3. The van der Waals surface area contributed by atoms with E-state index in [-0.39, 0.29) is 5.96 Å². The molecule has 0 atom stereocenters. The van der Waals surface area contributed by atoms with Gasteiger partial charge in [-0.3, -0.25) is 5.41 Å². The molecule has 0 saturated carbocycles. The van der Waals surface area contributed by atoms with Crippen LogP contribution in [0.15, 0.2) is 60.7 Å². The molecule has 22 heavy (non-hydrogen) atoms. The molecule has 0 radical (unpaired) electrons. The van der Waals surface area contributed by atoms with Crippen LogP contribution in [0.4, 0.5) is 0 Å². The molecule has 0 saturated heterocycles. The Morgan fingerprint density at radius 1 is 0.727 bits per heavy atom. The zero-order valence-corrected chi connectivity index (χ0v) is 11.6. The number of benzene rings is 2. The summed E-state index contributed by atoms with van der Waals surface area (Å²) >= 11 is 0. The molecule has 0 unspecified atom stereocenters. The zero-order chi connectivity index (χ0) is 16.4. The number of ether oxygens (including phenoxy) is 2. The van der Waals surface area contributed by atoms with Gasteiger partial charge >= 0.3 is 11.9 Å². The molecule has 7 heteroatoms. The lowest BCUT2D eigenvalue weighted by Crippen LogP contribution is -2.25. The monoisotopic (exact) mass is 301 g/mol. The van der Waals surface area contributed by atoms with Gasteiger partial charge in [0.15, 0.2) is 5.96 Å². The lowest BCUT2D eigenvalue weighted by Gasteiger charge is -2.04. The van der Waals surface area contributed by atoms with Crippen LogP contribution < -0.4 is 20.9 Å². The number of nitrogens with two attached hydrogens (primary N) is 2. The van der Waals surface area contributed by atoms with Crippen molar-refractivity contribution in [1.29, 1.82) is 5.41 Å². The van der Waals surface area contributed by atoms with Gasteiger partial charge in [-0.2, -0.15) is 0 Å². The Labute approximate surface area is 127 Å². The smallest absolute Gasteiger partial charge is 0.418 e. The Morgan fingerprint density at radius 3 is 1.27 bits per heavy atom. The summed E-state index contributed by atoms with van der Waals surface area (Å²) in [4.78, 5) is 22.8.